The van der Waals surface area contributed by atoms with Crippen LogP contribution in [0.25, 0.3) is 0 Å². The maximum atomic E-state index is 6.20. The molecule has 0 spiro atoms. The van der Waals surface area contributed by atoms with E-state index >= 15 is 0 Å². The maximum absolute atomic E-state index is 6.20. The van der Waals surface area contributed by atoms with Gasteiger partial charge >= 0.3 is 0 Å². The molecular weight excluding hydrogens is 516 g/mol. The zero-order chi connectivity index (χ0) is 29.3. The average molecular weight is 567 g/mol. The summed E-state index contributed by atoms with van der Waals surface area (Å²) in [5.41, 5.74) is 8.47. The minimum atomic E-state index is -0.338. The lowest BCUT2D eigenvalue weighted by molar-refractivity contribution is -0.253. The third-order valence-corrected chi connectivity index (χ3v) is 10.3. The number of hydrogen-bond donors (Lipinski definition) is 0. The molecule has 41 heavy (non-hydrogen) atoms. The molecule has 1 aliphatic carbocycles. The molecule has 2 saturated heterocycles. The molecule has 6 atom stereocenters. The zero-order valence-corrected chi connectivity index (χ0v) is 26.3. The first-order valence-corrected chi connectivity index (χ1v) is 15.7. The second-order valence-corrected chi connectivity index (χ2v) is 12.9. The van der Waals surface area contributed by atoms with Crippen LogP contribution in [0.15, 0.2) is 24.3 Å². The molecule has 0 N–H and O–H groups in total. The molecule has 226 valence electrons. The van der Waals surface area contributed by atoms with E-state index in [1.54, 1.807) is 0 Å². The number of benzene rings is 2. The van der Waals surface area contributed by atoms with Crippen LogP contribution in [0, 0.1) is 45.4 Å². The van der Waals surface area contributed by atoms with Crippen LogP contribution in [0.1, 0.15) is 105 Å². The molecule has 6 nitrogen and oxygen atoms in total. The van der Waals surface area contributed by atoms with Gasteiger partial charge in [-0.05, 0) is 119 Å². The summed E-state index contributed by atoms with van der Waals surface area (Å²) in [6.07, 6.45) is 4.75. The molecule has 0 bridgehead atoms. The van der Waals surface area contributed by atoms with E-state index in [-0.39, 0.29) is 24.8 Å². The lowest BCUT2D eigenvalue weighted by atomic mass is 9.76. The highest BCUT2D eigenvalue weighted by Crippen LogP contribution is 2.41. The highest BCUT2D eigenvalue weighted by atomic mass is 17.2. The van der Waals surface area contributed by atoms with E-state index in [9.17, 15) is 0 Å². The zero-order valence-electron chi connectivity index (χ0n) is 26.3. The molecular formula is C35H50O6. The summed E-state index contributed by atoms with van der Waals surface area (Å²) in [6.45, 7) is 19.1. The molecule has 6 unspecified atom stereocenters. The molecule has 3 fully saturated rings. The summed E-state index contributed by atoms with van der Waals surface area (Å²) < 4.78 is 24.4. The van der Waals surface area contributed by atoms with E-state index in [0.717, 1.165) is 47.5 Å². The highest BCUT2D eigenvalue weighted by molar-refractivity contribution is 5.44. The predicted octanol–water partition coefficient (Wildman–Crippen LogP) is 8.17. The quantitative estimate of drug-likeness (QED) is 0.249. The Morgan fingerprint density at radius 3 is 2.00 bits per heavy atom. The van der Waals surface area contributed by atoms with Crippen LogP contribution < -0.4 is 4.89 Å². The third kappa shape index (κ3) is 6.67. The summed E-state index contributed by atoms with van der Waals surface area (Å²) in [5.74, 6) is 2.68. The second kappa shape index (κ2) is 13.1. The van der Waals surface area contributed by atoms with Crippen LogP contribution in [0.3, 0.4) is 0 Å². The Kier molecular flexibility index (Phi) is 9.77. The fourth-order valence-electron chi connectivity index (χ4n) is 6.44. The van der Waals surface area contributed by atoms with Crippen molar-refractivity contribution in [2.45, 2.75) is 118 Å². The molecule has 0 radical (unpaired) electrons. The molecule has 2 heterocycles. The van der Waals surface area contributed by atoms with Crippen molar-refractivity contribution in [3.8, 4) is 5.75 Å². The summed E-state index contributed by atoms with van der Waals surface area (Å²) in [6, 6.07) is 8.50. The first-order valence-electron chi connectivity index (χ1n) is 15.7. The van der Waals surface area contributed by atoms with Gasteiger partial charge in [0.05, 0.1) is 25.4 Å². The third-order valence-electron chi connectivity index (χ3n) is 10.3. The molecule has 0 aromatic heterocycles. The van der Waals surface area contributed by atoms with Gasteiger partial charge in [0.1, 0.15) is 6.61 Å². The Balaban J connectivity index is 1.15. The Bertz CT molecular complexity index is 1190. The highest BCUT2D eigenvalue weighted by Gasteiger charge is 2.35. The minimum absolute atomic E-state index is 0.0328. The van der Waals surface area contributed by atoms with Crippen molar-refractivity contribution in [2.75, 3.05) is 13.2 Å². The first kappa shape index (κ1) is 30.5. The van der Waals surface area contributed by atoms with Crippen molar-refractivity contribution in [1.82, 2.24) is 0 Å². The van der Waals surface area contributed by atoms with Gasteiger partial charge in [0.2, 0.25) is 0 Å². The Hall–Kier alpha value is -1.96. The second-order valence-electron chi connectivity index (χ2n) is 12.9. The van der Waals surface area contributed by atoms with Crippen molar-refractivity contribution >= 4 is 0 Å². The van der Waals surface area contributed by atoms with E-state index < -0.39 is 0 Å². The molecule has 2 aliphatic heterocycles. The SMILES string of the molecule is Cc1c(COOc2ccc(C3OCC(C)C(C)O3)c(C)c2C)ccc(C2CCC(C3OCC(C)C(C)O3)CC2)c1C. The van der Waals surface area contributed by atoms with E-state index in [1.165, 1.54) is 29.5 Å². The predicted molar refractivity (Wildman–Crippen MR) is 160 cm³/mol. The molecule has 2 aromatic carbocycles. The van der Waals surface area contributed by atoms with Gasteiger partial charge in [0.15, 0.2) is 18.3 Å². The topological polar surface area (TPSA) is 55.4 Å². The largest absolute Gasteiger partial charge is 0.352 e. The van der Waals surface area contributed by atoms with Crippen molar-refractivity contribution in [1.29, 1.82) is 0 Å². The normalized spacial score (nSPS) is 32.6. The van der Waals surface area contributed by atoms with Crippen molar-refractivity contribution < 1.29 is 28.7 Å². The number of rotatable bonds is 7. The van der Waals surface area contributed by atoms with E-state index in [4.69, 9.17) is 28.7 Å². The number of ether oxygens (including phenoxy) is 4. The standard InChI is InChI=1S/C35H50O6/c1-20-17-36-34(39-26(20)7)29-11-9-28(10-12-29)31-14-13-30(22(3)23(31)4)19-38-41-33-16-15-32(24(5)25(33)6)35-37-18-21(2)27(8)40-35/h13-16,20-21,26-29,34-35H,9-12,17-19H2,1-8H3. The fourth-order valence-corrected chi connectivity index (χ4v) is 6.44. The Morgan fingerprint density at radius 2 is 1.32 bits per heavy atom. The number of hydrogen-bond acceptors (Lipinski definition) is 6. The smallest absolute Gasteiger partial charge is 0.184 e. The van der Waals surface area contributed by atoms with Crippen molar-refractivity contribution in [3.63, 3.8) is 0 Å². The van der Waals surface area contributed by atoms with Gasteiger partial charge in [-0.2, -0.15) is 4.89 Å². The molecule has 6 heteroatoms. The monoisotopic (exact) mass is 566 g/mol. The van der Waals surface area contributed by atoms with Crippen molar-refractivity contribution in [3.05, 3.63) is 63.2 Å². The summed E-state index contributed by atoms with van der Waals surface area (Å²) in [7, 11) is 0. The fraction of sp³-hybridized carbons (Fsp3) is 0.657. The van der Waals surface area contributed by atoms with Crippen LogP contribution in [0.4, 0.5) is 0 Å². The lowest BCUT2D eigenvalue weighted by Gasteiger charge is -2.40. The van der Waals surface area contributed by atoms with Crippen molar-refractivity contribution in [2.24, 2.45) is 17.8 Å². The average Bonchev–Trinajstić information content (AvgIpc) is 2.96. The maximum Gasteiger partial charge on any atom is 0.184 e. The summed E-state index contributed by atoms with van der Waals surface area (Å²) in [4.78, 5) is 11.6. The molecule has 5 rings (SSSR count). The molecule has 2 aromatic rings. The summed E-state index contributed by atoms with van der Waals surface area (Å²) >= 11 is 0. The first-order chi connectivity index (χ1) is 19.6. The van der Waals surface area contributed by atoms with Crippen LogP contribution in [-0.4, -0.2) is 31.7 Å². The molecule has 0 amide bonds. The van der Waals surface area contributed by atoms with Crippen LogP contribution in [-0.2, 0) is 30.4 Å². The van der Waals surface area contributed by atoms with Crippen LogP contribution in [0.2, 0.25) is 0 Å². The van der Waals surface area contributed by atoms with Gasteiger partial charge in [-0.15, -0.1) is 0 Å². The van der Waals surface area contributed by atoms with Gasteiger partial charge in [-0.3, -0.25) is 0 Å². The van der Waals surface area contributed by atoms with Gasteiger partial charge in [0.25, 0.3) is 0 Å². The molecule has 1 saturated carbocycles. The van der Waals surface area contributed by atoms with Crippen LogP contribution >= 0.6 is 0 Å². The molecule has 3 aliphatic rings. The van der Waals surface area contributed by atoms with Gasteiger partial charge < -0.3 is 23.8 Å². The van der Waals surface area contributed by atoms with Crippen LogP contribution in [0.5, 0.6) is 5.75 Å². The van der Waals surface area contributed by atoms with Gasteiger partial charge in [0, 0.05) is 23.3 Å². The Labute approximate surface area is 246 Å². The summed E-state index contributed by atoms with van der Waals surface area (Å²) in [5, 5.41) is 0. The Morgan fingerprint density at radius 1 is 0.683 bits per heavy atom. The van der Waals surface area contributed by atoms with Gasteiger partial charge in [-0.1, -0.05) is 26.0 Å². The van der Waals surface area contributed by atoms with Gasteiger partial charge in [-0.25, -0.2) is 0 Å². The minimum Gasteiger partial charge on any atom is -0.352 e. The van der Waals surface area contributed by atoms with E-state index in [0.29, 0.717) is 36.9 Å². The van der Waals surface area contributed by atoms with E-state index in [1.807, 2.05) is 12.1 Å². The lowest BCUT2D eigenvalue weighted by Crippen LogP contribution is -2.41. The van der Waals surface area contributed by atoms with E-state index in [2.05, 4.69) is 67.5 Å².